The van der Waals surface area contributed by atoms with Crippen molar-refractivity contribution in [1.82, 2.24) is 9.55 Å². The fourth-order valence-electron chi connectivity index (χ4n) is 3.44. The molecule has 1 N–H and O–H groups in total. The van der Waals surface area contributed by atoms with Gasteiger partial charge in [0.2, 0.25) is 5.91 Å². The summed E-state index contributed by atoms with van der Waals surface area (Å²) in [6, 6.07) is 10.0. The quantitative estimate of drug-likeness (QED) is 0.283. The Morgan fingerprint density at radius 1 is 1.23 bits per heavy atom. The number of para-hydroxylation sites is 1. The van der Waals surface area contributed by atoms with Gasteiger partial charge in [0.15, 0.2) is 5.16 Å². The second-order valence-corrected chi connectivity index (χ2v) is 10.3. The SMILES string of the molecule is Cc1cccc(C(C)C)c1NC(=O)CSc1nc2scc(-c3cccs3)c2c(=O)n1C. The van der Waals surface area contributed by atoms with Crippen molar-refractivity contribution in [1.29, 1.82) is 0 Å². The van der Waals surface area contributed by atoms with Crippen LogP contribution >= 0.6 is 34.4 Å². The molecule has 8 heteroatoms. The number of amides is 1. The van der Waals surface area contributed by atoms with Gasteiger partial charge in [-0.15, -0.1) is 22.7 Å². The highest BCUT2D eigenvalue weighted by atomic mass is 32.2. The summed E-state index contributed by atoms with van der Waals surface area (Å²) < 4.78 is 1.54. The van der Waals surface area contributed by atoms with Crippen LogP contribution in [-0.4, -0.2) is 21.2 Å². The number of hydrogen-bond donors (Lipinski definition) is 1. The topological polar surface area (TPSA) is 64.0 Å². The number of hydrogen-bond acceptors (Lipinski definition) is 6. The highest BCUT2D eigenvalue weighted by Crippen LogP contribution is 2.34. The fraction of sp³-hybridized carbons (Fsp3) is 0.261. The maximum Gasteiger partial charge on any atom is 0.263 e. The van der Waals surface area contributed by atoms with E-state index in [1.807, 2.05) is 48.0 Å². The molecule has 5 nitrogen and oxygen atoms in total. The smallest absolute Gasteiger partial charge is 0.263 e. The molecule has 0 aliphatic carbocycles. The average Bonchev–Trinajstić information content (AvgIpc) is 3.40. The Labute approximate surface area is 193 Å². The van der Waals surface area contributed by atoms with Gasteiger partial charge in [-0.25, -0.2) is 4.98 Å². The van der Waals surface area contributed by atoms with E-state index in [2.05, 4.69) is 24.1 Å². The van der Waals surface area contributed by atoms with Crippen molar-refractivity contribution in [3.05, 3.63) is 62.6 Å². The number of carbonyl (C=O) groups is 1. The van der Waals surface area contributed by atoms with Gasteiger partial charge in [-0.2, -0.15) is 0 Å². The van der Waals surface area contributed by atoms with Crippen molar-refractivity contribution >= 4 is 56.2 Å². The van der Waals surface area contributed by atoms with Gasteiger partial charge in [0.25, 0.3) is 5.56 Å². The molecular formula is C23H23N3O2S3. The Bertz CT molecular complexity index is 1300. The largest absolute Gasteiger partial charge is 0.325 e. The molecule has 4 rings (SSSR count). The van der Waals surface area contributed by atoms with Crippen molar-refractivity contribution in [2.45, 2.75) is 31.8 Å². The first-order chi connectivity index (χ1) is 14.9. The van der Waals surface area contributed by atoms with E-state index in [1.165, 1.54) is 27.7 Å². The van der Waals surface area contributed by atoms with Gasteiger partial charge in [-0.3, -0.25) is 14.2 Å². The van der Waals surface area contributed by atoms with Gasteiger partial charge in [0, 0.05) is 28.6 Å². The van der Waals surface area contributed by atoms with Crippen molar-refractivity contribution in [2.24, 2.45) is 7.05 Å². The van der Waals surface area contributed by atoms with Crippen molar-refractivity contribution < 1.29 is 4.79 Å². The van der Waals surface area contributed by atoms with E-state index in [-0.39, 0.29) is 17.2 Å². The summed E-state index contributed by atoms with van der Waals surface area (Å²) in [6.07, 6.45) is 0. The van der Waals surface area contributed by atoms with Crippen LogP contribution < -0.4 is 10.9 Å². The third kappa shape index (κ3) is 4.33. The number of aromatic nitrogens is 2. The molecule has 0 unspecified atom stereocenters. The molecular weight excluding hydrogens is 446 g/mol. The number of nitrogens with zero attached hydrogens (tertiary/aromatic N) is 2. The lowest BCUT2D eigenvalue weighted by atomic mass is 9.98. The lowest BCUT2D eigenvalue weighted by Gasteiger charge is -2.16. The molecule has 0 saturated carbocycles. The molecule has 1 aromatic carbocycles. The molecule has 0 atom stereocenters. The zero-order valence-electron chi connectivity index (χ0n) is 17.8. The maximum atomic E-state index is 13.0. The van der Waals surface area contributed by atoms with E-state index in [1.54, 1.807) is 18.4 Å². The van der Waals surface area contributed by atoms with Gasteiger partial charge >= 0.3 is 0 Å². The van der Waals surface area contributed by atoms with Crippen LogP contribution in [0.3, 0.4) is 0 Å². The highest BCUT2D eigenvalue weighted by molar-refractivity contribution is 7.99. The van der Waals surface area contributed by atoms with Gasteiger partial charge < -0.3 is 5.32 Å². The molecule has 31 heavy (non-hydrogen) atoms. The molecule has 0 radical (unpaired) electrons. The Kier molecular flexibility index (Phi) is 6.31. The lowest BCUT2D eigenvalue weighted by molar-refractivity contribution is -0.113. The first-order valence-corrected chi connectivity index (χ1v) is 12.7. The Hall–Kier alpha value is -2.42. The summed E-state index contributed by atoms with van der Waals surface area (Å²) in [6.45, 7) is 6.22. The van der Waals surface area contributed by atoms with Crippen LogP contribution in [0.1, 0.15) is 30.9 Å². The molecule has 0 spiro atoms. The summed E-state index contributed by atoms with van der Waals surface area (Å²) >= 11 is 4.35. The molecule has 160 valence electrons. The molecule has 0 saturated heterocycles. The number of anilines is 1. The van der Waals surface area contributed by atoms with Crippen LogP contribution in [0.5, 0.6) is 0 Å². The monoisotopic (exact) mass is 469 g/mol. The Morgan fingerprint density at radius 2 is 2.03 bits per heavy atom. The number of fused-ring (bicyclic) bond motifs is 1. The fourth-order valence-corrected chi connectivity index (χ4v) is 6.02. The minimum absolute atomic E-state index is 0.0847. The number of thiophene rings is 2. The molecule has 3 heterocycles. The van der Waals surface area contributed by atoms with Gasteiger partial charge in [0.05, 0.1) is 11.1 Å². The van der Waals surface area contributed by atoms with Crippen molar-refractivity contribution in [3.8, 4) is 10.4 Å². The standard InChI is InChI=1S/C23H23N3O2S3/c1-13(2)15-8-5-7-14(3)20(15)24-18(27)12-31-23-25-21-19(22(28)26(23)4)16(11-30-21)17-9-6-10-29-17/h5-11,13H,12H2,1-4H3,(H,24,27). The van der Waals surface area contributed by atoms with Gasteiger partial charge in [-0.1, -0.05) is 49.9 Å². The molecule has 0 fully saturated rings. The van der Waals surface area contributed by atoms with Crippen molar-refractivity contribution in [2.75, 3.05) is 11.1 Å². The number of thioether (sulfide) groups is 1. The normalized spacial score (nSPS) is 11.4. The summed E-state index contributed by atoms with van der Waals surface area (Å²) in [5.74, 6) is 0.381. The van der Waals surface area contributed by atoms with E-state index in [0.717, 1.165) is 27.3 Å². The first-order valence-electron chi connectivity index (χ1n) is 9.91. The Balaban J connectivity index is 1.56. The minimum Gasteiger partial charge on any atom is -0.325 e. The third-order valence-electron chi connectivity index (χ3n) is 5.08. The van der Waals surface area contributed by atoms with Crippen LogP contribution in [0.15, 0.2) is 51.0 Å². The zero-order chi connectivity index (χ0) is 22.1. The molecule has 0 aliphatic heterocycles. The second kappa shape index (κ2) is 8.98. The van der Waals surface area contributed by atoms with Gasteiger partial charge in [0.1, 0.15) is 4.83 Å². The molecule has 0 bridgehead atoms. The van der Waals surface area contributed by atoms with Crippen LogP contribution in [0, 0.1) is 6.92 Å². The number of benzene rings is 1. The summed E-state index contributed by atoms with van der Waals surface area (Å²) in [5, 5.41) is 8.22. The molecule has 4 aromatic rings. The summed E-state index contributed by atoms with van der Waals surface area (Å²) in [7, 11) is 1.71. The predicted molar refractivity (Wildman–Crippen MR) is 133 cm³/mol. The number of aryl methyl sites for hydroxylation is 1. The van der Waals surface area contributed by atoms with Crippen LogP contribution in [0.2, 0.25) is 0 Å². The number of rotatable bonds is 6. The number of nitrogens with one attached hydrogen (secondary N) is 1. The van der Waals surface area contributed by atoms with E-state index >= 15 is 0 Å². The van der Waals surface area contributed by atoms with E-state index in [9.17, 15) is 9.59 Å². The molecule has 0 aliphatic rings. The van der Waals surface area contributed by atoms with E-state index in [0.29, 0.717) is 21.3 Å². The highest BCUT2D eigenvalue weighted by Gasteiger charge is 2.18. The third-order valence-corrected chi connectivity index (χ3v) is 7.89. The lowest BCUT2D eigenvalue weighted by Crippen LogP contribution is -2.21. The predicted octanol–water partition coefficient (Wildman–Crippen LogP) is 5.89. The van der Waals surface area contributed by atoms with Crippen molar-refractivity contribution in [3.63, 3.8) is 0 Å². The first kappa shape index (κ1) is 21.8. The average molecular weight is 470 g/mol. The van der Waals surface area contributed by atoms with Crippen LogP contribution in [-0.2, 0) is 11.8 Å². The van der Waals surface area contributed by atoms with Crippen LogP contribution in [0.4, 0.5) is 5.69 Å². The second-order valence-electron chi connectivity index (χ2n) is 7.60. The van der Waals surface area contributed by atoms with Crippen LogP contribution in [0.25, 0.3) is 20.7 Å². The van der Waals surface area contributed by atoms with Gasteiger partial charge in [-0.05, 0) is 35.4 Å². The molecule has 1 amide bonds. The van der Waals surface area contributed by atoms with E-state index in [4.69, 9.17) is 0 Å². The number of carbonyl (C=O) groups excluding carboxylic acids is 1. The summed E-state index contributed by atoms with van der Waals surface area (Å²) in [5.41, 5.74) is 3.87. The summed E-state index contributed by atoms with van der Waals surface area (Å²) in [4.78, 5) is 32.2. The maximum absolute atomic E-state index is 13.0. The van der Waals surface area contributed by atoms with E-state index < -0.39 is 0 Å². The Morgan fingerprint density at radius 3 is 2.74 bits per heavy atom. The zero-order valence-corrected chi connectivity index (χ0v) is 20.2. The molecule has 3 aromatic heterocycles. The minimum atomic E-state index is -0.110.